The van der Waals surface area contributed by atoms with Crippen LogP contribution in [0.15, 0.2) is 34.6 Å². The molecular weight excluding hydrogens is 332 g/mol. The third-order valence-corrected chi connectivity index (χ3v) is 5.30. The number of aromatic amines is 1. The number of rotatable bonds is 6. The van der Waals surface area contributed by atoms with E-state index in [9.17, 15) is 9.90 Å². The molecule has 0 saturated heterocycles. The van der Waals surface area contributed by atoms with Gasteiger partial charge in [-0.25, -0.2) is 4.98 Å². The third-order valence-electron chi connectivity index (χ3n) is 3.43. The van der Waals surface area contributed by atoms with E-state index >= 15 is 0 Å². The summed E-state index contributed by atoms with van der Waals surface area (Å²) in [5, 5.41) is 9.60. The molecular formula is C16H16N2O3S2. The molecule has 2 heterocycles. The van der Waals surface area contributed by atoms with Crippen molar-refractivity contribution < 1.29 is 9.84 Å². The summed E-state index contributed by atoms with van der Waals surface area (Å²) in [6, 6.07) is 7.69. The first-order valence-corrected chi connectivity index (χ1v) is 8.83. The van der Waals surface area contributed by atoms with Gasteiger partial charge >= 0.3 is 4.87 Å². The molecule has 0 saturated carbocycles. The molecule has 0 bridgehead atoms. The van der Waals surface area contributed by atoms with Crippen LogP contribution >= 0.6 is 22.7 Å². The van der Waals surface area contributed by atoms with Gasteiger partial charge in [-0.15, -0.1) is 11.3 Å². The Labute approximate surface area is 141 Å². The molecule has 2 aromatic heterocycles. The minimum absolute atomic E-state index is 0.0414. The molecule has 0 aliphatic carbocycles. The maximum Gasteiger partial charge on any atom is 0.307 e. The molecule has 0 atom stereocenters. The van der Waals surface area contributed by atoms with Gasteiger partial charge in [0, 0.05) is 17.7 Å². The number of aromatic hydroxyl groups is 1. The minimum Gasteiger partial charge on any atom is -0.494 e. The summed E-state index contributed by atoms with van der Waals surface area (Å²) in [6.45, 7) is 2.62. The number of thiazole rings is 2. The molecule has 0 unspecified atom stereocenters. The molecule has 0 aliphatic heterocycles. The fourth-order valence-corrected chi connectivity index (χ4v) is 3.71. The van der Waals surface area contributed by atoms with E-state index < -0.39 is 0 Å². The number of ether oxygens (including phenoxy) is 1. The van der Waals surface area contributed by atoms with Crippen molar-refractivity contribution >= 4 is 22.7 Å². The summed E-state index contributed by atoms with van der Waals surface area (Å²) in [5.41, 5.74) is 3.94. The summed E-state index contributed by atoms with van der Waals surface area (Å²) >= 11 is 2.68. The van der Waals surface area contributed by atoms with Crippen LogP contribution in [0, 0.1) is 6.92 Å². The molecule has 0 fully saturated rings. The maximum atomic E-state index is 11.2. The molecule has 0 radical (unpaired) electrons. The summed E-state index contributed by atoms with van der Waals surface area (Å²) in [5.74, 6) is 0.766. The lowest BCUT2D eigenvalue weighted by molar-refractivity contribution is 0.322. The second kappa shape index (κ2) is 6.97. The number of aromatic nitrogens is 2. The van der Waals surface area contributed by atoms with E-state index in [0.717, 1.165) is 34.8 Å². The van der Waals surface area contributed by atoms with Crippen molar-refractivity contribution in [2.45, 2.75) is 19.8 Å². The Morgan fingerprint density at radius 3 is 2.65 bits per heavy atom. The second-order valence-electron chi connectivity index (χ2n) is 5.07. The van der Waals surface area contributed by atoms with Gasteiger partial charge < -0.3 is 9.84 Å². The van der Waals surface area contributed by atoms with Gasteiger partial charge in [-0.05, 0) is 24.6 Å². The standard InChI is InChI=1S/C16H16N2O3S2/c1-10-13(22-9-17-10)6-7-21-12-4-2-11(3-5-12)8-14-15(19)18-16(20)23-14/h2-5,9,19H,6-8H2,1H3,(H,18,20). The van der Waals surface area contributed by atoms with Crippen molar-refractivity contribution in [1.82, 2.24) is 9.97 Å². The summed E-state index contributed by atoms with van der Waals surface area (Å²) in [4.78, 5) is 19.4. The van der Waals surface area contributed by atoms with Gasteiger partial charge in [-0.1, -0.05) is 23.5 Å². The quantitative estimate of drug-likeness (QED) is 0.718. The Morgan fingerprint density at radius 1 is 1.26 bits per heavy atom. The molecule has 3 aromatic rings. The zero-order valence-electron chi connectivity index (χ0n) is 12.5. The number of hydrogen-bond donors (Lipinski definition) is 2. The highest BCUT2D eigenvalue weighted by Crippen LogP contribution is 2.22. The van der Waals surface area contributed by atoms with E-state index in [1.165, 1.54) is 4.88 Å². The lowest BCUT2D eigenvalue weighted by Gasteiger charge is -2.06. The Bertz CT molecular complexity index is 834. The van der Waals surface area contributed by atoms with E-state index in [2.05, 4.69) is 9.97 Å². The van der Waals surface area contributed by atoms with Gasteiger partial charge in [0.05, 0.1) is 22.7 Å². The van der Waals surface area contributed by atoms with Gasteiger partial charge in [-0.2, -0.15) is 0 Å². The van der Waals surface area contributed by atoms with Gasteiger partial charge in [0.1, 0.15) is 5.75 Å². The molecule has 2 N–H and O–H groups in total. The van der Waals surface area contributed by atoms with Crippen LogP contribution in [0.4, 0.5) is 0 Å². The maximum absolute atomic E-state index is 11.2. The van der Waals surface area contributed by atoms with Crippen LogP contribution in [0.3, 0.4) is 0 Å². The summed E-state index contributed by atoms with van der Waals surface area (Å²) in [7, 11) is 0. The molecule has 0 aliphatic rings. The highest BCUT2D eigenvalue weighted by atomic mass is 32.1. The van der Waals surface area contributed by atoms with Crippen LogP contribution in [0.2, 0.25) is 0 Å². The fraction of sp³-hybridized carbons (Fsp3) is 0.250. The Morgan fingerprint density at radius 2 is 2.04 bits per heavy atom. The number of H-pyrrole nitrogens is 1. The average molecular weight is 348 g/mol. The average Bonchev–Trinajstić information content (AvgIpc) is 3.07. The van der Waals surface area contributed by atoms with Crippen molar-refractivity contribution in [3.63, 3.8) is 0 Å². The van der Waals surface area contributed by atoms with Crippen molar-refractivity contribution in [2.75, 3.05) is 6.61 Å². The lowest BCUT2D eigenvalue weighted by Crippen LogP contribution is -2.01. The fourth-order valence-electron chi connectivity index (χ4n) is 2.19. The van der Waals surface area contributed by atoms with E-state index in [1.54, 1.807) is 11.3 Å². The largest absolute Gasteiger partial charge is 0.494 e. The Hall–Kier alpha value is -2.12. The Kier molecular flexibility index (Phi) is 4.78. The normalized spacial score (nSPS) is 10.8. The highest BCUT2D eigenvalue weighted by Gasteiger charge is 2.08. The van der Waals surface area contributed by atoms with Crippen LogP contribution in [-0.2, 0) is 12.8 Å². The van der Waals surface area contributed by atoms with Crippen LogP contribution in [0.5, 0.6) is 11.6 Å². The van der Waals surface area contributed by atoms with E-state index in [4.69, 9.17) is 4.74 Å². The van der Waals surface area contributed by atoms with E-state index in [1.807, 2.05) is 36.7 Å². The molecule has 3 rings (SSSR count). The lowest BCUT2D eigenvalue weighted by atomic mass is 10.1. The second-order valence-corrected chi connectivity index (χ2v) is 7.07. The van der Waals surface area contributed by atoms with Gasteiger partial charge in [0.25, 0.3) is 0 Å². The van der Waals surface area contributed by atoms with Crippen LogP contribution < -0.4 is 9.61 Å². The van der Waals surface area contributed by atoms with Crippen molar-refractivity contribution in [3.8, 4) is 11.6 Å². The van der Waals surface area contributed by atoms with Crippen LogP contribution in [0.1, 0.15) is 21.0 Å². The first-order valence-electron chi connectivity index (χ1n) is 7.13. The topological polar surface area (TPSA) is 75.2 Å². The van der Waals surface area contributed by atoms with Crippen molar-refractivity contribution in [1.29, 1.82) is 0 Å². The smallest absolute Gasteiger partial charge is 0.307 e. The first-order chi connectivity index (χ1) is 11.1. The van der Waals surface area contributed by atoms with Crippen molar-refractivity contribution in [3.05, 3.63) is 60.5 Å². The third kappa shape index (κ3) is 4.00. The first kappa shape index (κ1) is 15.8. The molecule has 120 valence electrons. The number of aryl methyl sites for hydroxylation is 1. The van der Waals surface area contributed by atoms with Crippen LogP contribution in [0.25, 0.3) is 0 Å². The molecule has 7 heteroatoms. The van der Waals surface area contributed by atoms with Gasteiger partial charge in [0.2, 0.25) is 5.88 Å². The number of nitrogens with zero attached hydrogens (tertiary/aromatic N) is 1. The number of benzene rings is 1. The van der Waals surface area contributed by atoms with Gasteiger partial charge in [-0.3, -0.25) is 9.78 Å². The SMILES string of the molecule is Cc1ncsc1CCOc1ccc(Cc2sc(=O)[nH]c2O)cc1. The number of nitrogens with one attached hydrogen (secondary N) is 1. The van der Waals surface area contributed by atoms with E-state index in [0.29, 0.717) is 17.9 Å². The minimum atomic E-state index is -0.240. The van der Waals surface area contributed by atoms with Gasteiger partial charge in [0.15, 0.2) is 0 Å². The summed E-state index contributed by atoms with van der Waals surface area (Å²) < 4.78 is 5.74. The zero-order valence-corrected chi connectivity index (χ0v) is 14.2. The molecule has 0 amide bonds. The van der Waals surface area contributed by atoms with Crippen LogP contribution in [-0.4, -0.2) is 21.7 Å². The van der Waals surface area contributed by atoms with E-state index in [-0.39, 0.29) is 10.8 Å². The monoisotopic (exact) mass is 348 g/mol. The molecule has 5 nitrogen and oxygen atoms in total. The highest BCUT2D eigenvalue weighted by molar-refractivity contribution is 7.09. The zero-order chi connectivity index (χ0) is 16.2. The van der Waals surface area contributed by atoms with Crippen molar-refractivity contribution in [2.24, 2.45) is 0 Å². The predicted molar refractivity (Wildman–Crippen MR) is 91.9 cm³/mol. The molecule has 0 spiro atoms. The predicted octanol–water partition coefficient (Wildman–Crippen LogP) is 3.12. The Balaban J connectivity index is 1.55. The summed E-state index contributed by atoms with van der Waals surface area (Å²) in [6.07, 6.45) is 1.37. The molecule has 23 heavy (non-hydrogen) atoms. The number of hydrogen-bond acceptors (Lipinski definition) is 6. The molecule has 1 aromatic carbocycles.